The van der Waals surface area contributed by atoms with Crippen LogP contribution in [0.15, 0.2) is 73.1 Å². The van der Waals surface area contributed by atoms with Crippen molar-refractivity contribution in [3.8, 4) is 5.75 Å². The van der Waals surface area contributed by atoms with Crippen LogP contribution < -0.4 is 4.74 Å². The zero-order valence-corrected chi connectivity index (χ0v) is 19.4. The van der Waals surface area contributed by atoms with Crippen molar-refractivity contribution in [3.63, 3.8) is 0 Å². The standard InChI is InChI=1S/C28H28FN3O3/c29-22-9-7-20(8-10-22)18-32-19-25(23-5-3-13-30-27(23)32)21-11-14-31(15-12-21)16-17-35-26-6-2-1-4-24(26)28(33)34/h1-10,13,19,21H,11-12,14-18H2,(H,33,34). The maximum absolute atomic E-state index is 13.3. The summed E-state index contributed by atoms with van der Waals surface area (Å²) >= 11 is 0. The van der Waals surface area contributed by atoms with E-state index in [2.05, 4.69) is 26.7 Å². The maximum Gasteiger partial charge on any atom is 0.339 e. The number of carboxylic acids is 1. The molecule has 5 rings (SSSR count). The molecule has 2 aromatic carbocycles. The third-order valence-corrected chi connectivity index (χ3v) is 6.74. The second kappa shape index (κ2) is 10.3. The predicted octanol–water partition coefficient (Wildman–Crippen LogP) is 5.18. The van der Waals surface area contributed by atoms with E-state index in [4.69, 9.17) is 4.74 Å². The Morgan fingerprint density at radius 3 is 2.60 bits per heavy atom. The van der Waals surface area contributed by atoms with Gasteiger partial charge in [0.15, 0.2) is 0 Å². The SMILES string of the molecule is O=C(O)c1ccccc1OCCN1CCC(c2cn(Cc3ccc(F)cc3)c3ncccc23)CC1. The lowest BCUT2D eigenvalue weighted by molar-refractivity contribution is 0.0691. The number of fused-ring (bicyclic) bond motifs is 1. The molecule has 1 N–H and O–H groups in total. The summed E-state index contributed by atoms with van der Waals surface area (Å²) in [6.07, 6.45) is 6.11. The minimum absolute atomic E-state index is 0.192. The Balaban J connectivity index is 1.22. The number of benzene rings is 2. The van der Waals surface area contributed by atoms with Gasteiger partial charge in [0.1, 0.15) is 29.4 Å². The number of piperidine rings is 1. The first-order valence-electron chi connectivity index (χ1n) is 11.9. The zero-order valence-electron chi connectivity index (χ0n) is 19.4. The Labute approximate surface area is 203 Å². The fourth-order valence-electron chi connectivity index (χ4n) is 4.90. The van der Waals surface area contributed by atoms with Gasteiger partial charge in [-0.15, -0.1) is 0 Å². The largest absolute Gasteiger partial charge is 0.491 e. The van der Waals surface area contributed by atoms with E-state index < -0.39 is 5.97 Å². The molecule has 0 aliphatic carbocycles. The van der Waals surface area contributed by atoms with Gasteiger partial charge in [-0.3, -0.25) is 4.90 Å². The van der Waals surface area contributed by atoms with Crippen LogP contribution in [0.1, 0.15) is 40.2 Å². The van der Waals surface area contributed by atoms with Crippen molar-refractivity contribution < 1.29 is 19.0 Å². The van der Waals surface area contributed by atoms with Crippen LogP contribution in [0.5, 0.6) is 5.75 Å². The summed E-state index contributed by atoms with van der Waals surface area (Å²) in [7, 11) is 0. The summed E-state index contributed by atoms with van der Waals surface area (Å²) in [6.45, 7) is 3.78. The lowest BCUT2D eigenvalue weighted by Crippen LogP contribution is -2.35. The van der Waals surface area contributed by atoms with Crippen molar-refractivity contribution in [2.75, 3.05) is 26.2 Å². The third-order valence-electron chi connectivity index (χ3n) is 6.74. The molecule has 1 aliphatic heterocycles. The number of hydrogen-bond donors (Lipinski definition) is 1. The quantitative estimate of drug-likeness (QED) is 0.382. The predicted molar refractivity (Wildman–Crippen MR) is 133 cm³/mol. The van der Waals surface area contributed by atoms with Crippen LogP contribution in [0, 0.1) is 5.82 Å². The summed E-state index contributed by atoms with van der Waals surface area (Å²) < 4.78 is 21.3. The number of aromatic carboxylic acids is 1. The van der Waals surface area contributed by atoms with Gasteiger partial charge >= 0.3 is 5.97 Å². The molecule has 180 valence electrons. The average molecular weight is 474 g/mol. The number of hydrogen-bond acceptors (Lipinski definition) is 4. The van der Waals surface area contributed by atoms with Gasteiger partial charge in [0.25, 0.3) is 0 Å². The van der Waals surface area contributed by atoms with E-state index in [1.165, 1.54) is 23.1 Å². The highest BCUT2D eigenvalue weighted by Crippen LogP contribution is 2.34. The van der Waals surface area contributed by atoms with E-state index >= 15 is 0 Å². The third kappa shape index (κ3) is 5.20. The first kappa shape index (κ1) is 23.1. The molecule has 6 nitrogen and oxygen atoms in total. The summed E-state index contributed by atoms with van der Waals surface area (Å²) in [5, 5.41) is 10.5. The van der Waals surface area contributed by atoms with Crippen molar-refractivity contribution in [2.45, 2.75) is 25.3 Å². The molecule has 3 heterocycles. The van der Waals surface area contributed by atoms with E-state index in [9.17, 15) is 14.3 Å². The number of halogens is 1. The second-order valence-corrected chi connectivity index (χ2v) is 8.98. The van der Waals surface area contributed by atoms with Gasteiger partial charge in [-0.25, -0.2) is 14.2 Å². The van der Waals surface area contributed by atoms with Crippen LogP contribution >= 0.6 is 0 Å². The van der Waals surface area contributed by atoms with E-state index in [0.29, 0.717) is 24.8 Å². The topological polar surface area (TPSA) is 67.6 Å². The molecule has 0 radical (unpaired) electrons. The van der Waals surface area contributed by atoms with Gasteiger partial charge in [-0.2, -0.15) is 0 Å². The number of nitrogens with zero attached hydrogens (tertiary/aromatic N) is 3. The lowest BCUT2D eigenvalue weighted by Gasteiger charge is -2.31. The molecule has 0 atom stereocenters. The van der Waals surface area contributed by atoms with Gasteiger partial charge in [0, 0.05) is 30.9 Å². The minimum atomic E-state index is -0.977. The molecule has 7 heteroatoms. The highest BCUT2D eigenvalue weighted by atomic mass is 19.1. The normalized spacial score (nSPS) is 14.9. The molecule has 1 aliphatic rings. The summed E-state index contributed by atoms with van der Waals surface area (Å²) in [4.78, 5) is 18.4. The van der Waals surface area contributed by atoms with Crippen molar-refractivity contribution in [1.29, 1.82) is 0 Å². The smallest absolute Gasteiger partial charge is 0.339 e. The maximum atomic E-state index is 13.3. The molecular formula is C28H28FN3O3. The molecule has 0 spiro atoms. The number of carboxylic acid groups (broad SMARTS) is 1. The Hall–Kier alpha value is -3.71. The molecule has 0 saturated carbocycles. The highest BCUT2D eigenvalue weighted by molar-refractivity contribution is 5.90. The summed E-state index contributed by atoms with van der Waals surface area (Å²) in [5.41, 5.74) is 3.51. The van der Waals surface area contributed by atoms with Crippen molar-refractivity contribution >= 4 is 17.0 Å². The van der Waals surface area contributed by atoms with E-state index in [1.54, 1.807) is 24.3 Å². The minimum Gasteiger partial charge on any atom is -0.491 e. The van der Waals surface area contributed by atoms with Crippen LogP contribution in [0.25, 0.3) is 11.0 Å². The number of ether oxygens (including phenoxy) is 1. The zero-order chi connectivity index (χ0) is 24.2. The molecule has 2 aromatic heterocycles. The van der Waals surface area contributed by atoms with Crippen LogP contribution in [0.2, 0.25) is 0 Å². The number of likely N-dealkylation sites (tertiary alicyclic amines) is 1. The molecule has 0 unspecified atom stereocenters. The van der Waals surface area contributed by atoms with Crippen LogP contribution in [-0.2, 0) is 6.54 Å². The number of aromatic nitrogens is 2. The Bertz CT molecular complexity index is 1310. The van der Waals surface area contributed by atoms with E-state index in [0.717, 1.165) is 43.7 Å². The van der Waals surface area contributed by atoms with Crippen LogP contribution in [0.4, 0.5) is 4.39 Å². The number of para-hydroxylation sites is 1. The Morgan fingerprint density at radius 1 is 1.06 bits per heavy atom. The monoisotopic (exact) mass is 473 g/mol. The second-order valence-electron chi connectivity index (χ2n) is 8.98. The fraction of sp³-hybridized carbons (Fsp3) is 0.286. The lowest BCUT2D eigenvalue weighted by atomic mass is 9.89. The summed E-state index contributed by atoms with van der Waals surface area (Å²) in [6, 6.07) is 17.5. The van der Waals surface area contributed by atoms with Gasteiger partial charge in [-0.1, -0.05) is 24.3 Å². The first-order valence-corrected chi connectivity index (χ1v) is 11.9. The van der Waals surface area contributed by atoms with Gasteiger partial charge in [0.2, 0.25) is 0 Å². The van der Waals surface area contributed by atoms with Crippen LogP contribution in [0.3, 0.4) is 0 Å². The molecule has 1 saturated heterocycles. The van der Waals surface area contributed by atoms with Crippen LogP contribution in [-0.4, -0.2) is 51.8 Å². The number of rotatable bonds is 8. The number of carbonyl (C=O) groups is 1. The summed E-state index contributed by atoms with van der Waals surface area (Å²) in [5.74, 6) is -0.347. The molecular weight excluding hydrogens is 445 g/mol. The van der Waals surface area contributed by atoms with E-state index in [-0.39, 0.29) is 11.4 Å². The average Bonchev–Trinajstić information content (AvgIpc) is 3.24. The molecule has 1 fully saturated rings. The van der Waals surface area contributed by atoms with Gasteiger partial charge in [-0.05, 0) is 79.4 Å². The van der Waals surface area contributed by atoms with Crippen molar-refractivity contribution in [2.24, 2.45) is 0 Å². The van der Waals surface area contributed by atoms with Crippen molar-refractivity contribution in [1.82, 2.24) is 14.5 Å². The molecule has 0 bridgehead atoms. The molecule has 0 amide bonds. The van der Waals surface area contributed by atoms with E-state index in [1.807, 2.05) is 24.4 Å². The number of pyridine rings is 1. The Morgan fingerprint density at radius 2 is 1.83 bits per heavy atom. The first-order chi connectivity index (χ1) is 17.1. The fourth-order valence-corrected chi connectivity index (χ4v) is 4.90. The molecule has 35 heavy (non-hydrogen) atoms. The van der Waals surface area contributed by atoms with Gasteiger partial charge in [0.05, 0.1) is 0 Å². The van der Waals surface area contributed by atoms with Crippen molar-refractivity contribution in [3.05, 3.63) is 95.6 Å². The molecule has 4 aromatic rings. The highest BCUT2D eigenvalue weighted by Gasteiger charge is 2.24. The Kier molecular flexibility index (Phi) is 6.77. The van der Waals surface area contributed by atoms with Gasteiger partial charge < -0.3 is 14.4 Å².